The number of nitriles is 1. The Morgan fingerprint density at radius 3 is 2.52 bits per heavy atom. The summed E-state index contributed by atoms with van der Waals surface area (Å²) in [5.74, 6) is -0.425. The first-order chi connectivity index (χ1) is 11.2. The summed E-state index contributed by atoms with van der Waals surface area (Å²) >= 11 is 0. The van der Waals surface area contributed by atoms with Crippen LogP contribution in [0.4, 0.5) is 5.69 Å². The maximum absolute atomic E-state index is 12.6. The van der Waals surface area contributed by atoms with Crippen LogP contribution in [0.15, 0.2) is 60.0 Å². The molecule has 5 nitrogen and oxygen atoms in total. The third-order valence-corrected chi connectivity index (χ3v) is 4.34. The van der Waals surface area contributed by atoms with Gasteiger partial charge in [-0.1, -0.05) is 36.4 Å². The van der Waals surface area contributed by atoms with E-state index in [9.17, 15) is 10.1 Å². The summed E-state index contributed by atoms with van der Waals surface area (Å²) in [7, 11) is 0. The fraction of sp³-hybridized carbons (Fsp3) is 0.111. The van der Waals surface area contributed by atoms with Gasteiger partial charge in [-0.25, -0.2) is 0 Å². The zero-order chi connectivity index (χ0) is 16.0. The first kappa shape index (κ1) is 13.4. The van der Waals surface area contributed by atoms with Gasteiger partial charge < -0.3 is 15.8 Å². The predicted octanol–water partition coefficient (Wildman–Crippen LogP) is 2.59. The Balaban J connectivity index is 1.94. The molecule has 5 heteroatoms. The van der Waals surface area contributed by atoms with E-state index in [2.05, 4.69) is 11.4 Å². The molecule has 112 valence electrons. The summed E-state index contributed by atoms with van der Waals surface area (Å²) < 4.78 is 5.55. The average Bonchev–Trinajstić information content (AvgIpc) is 2.89. The molecule has 2 aliphatic heterocycles. The van der Waals surface area contributed by atoms with Crippen molar-refractivity contribution >= 4 is 11.6 Å². The number of anilines is 1. The molecule has 1 amide bonds. The van der Waals surface area contributed by atoms with Crippen LogP contribution in [-0.2, 0) is 4.79 Å². The van der Waals surface area contributed by atoms with E-state index in [1.165, 1.54) is 0 Å². The smallest absolute Gasteiger partial charge is 0.233 e. The molecule has 23 heavy (non-hydrogen) atoms. The van der Waals surface area contributed by atoms with Crippen molar-refractivity contribution in [2.75, 3.05) is 5.32 Å². The van der Waals surface area contributed by atoms with E-state index < -0.39 is 11.8 Å². The lowest BCUT2D eigenvalue weighted by atomic mass is 9.76. The van der Waals surface area contributed by atoms with Crippen molar-refractivity contribution in [2.24, 2.45) is 5.73 Å². The van der Waals surface area contributed by atoms with Gasteiger partial charge in [0, 0.05) is 17.2 Å². The zero-order valence-electron chi connectivity index (χ0n) is 12.1. The molecule has 2 aromatic carbocycles. The SMILES string of the molecule is N#CC1=C(N)Oc2ccccc2[C@H]1[C@H]1C(=O)Nc2ccccc21. The summed E-state index contributed by atoms with van der Waals surface area (Å²) in [5.41, 5.74) is 8.68. The van der Waals surface area contributed by atoms with E-state index in [0.29, 0.717) is 11.3 Å². The van der Waals surface area contributed by atoms with Gasteiger partial charge in [0.15, 0.2) is 0 Å². The van der Waals surface area contributed by atoms with Crippen molar-refractivity contribution < 1.29 is 9.53 Å². The highest BCUT2D eigenvalue weighted by Gasteiger charge is 2.43. The number of amides is 1. The molecular weight excluding hydrogens is 290 g/mol. The highest BCUT2D eigenvalue weighted by atomic mass is 16.5. The molecule has 0 radical (unpaired) electrons. The number of carbonyl (C=O) groups is 1. The number of fused-ring (bicyclic) bond motifs is 2. The van der Waals surface area contributed by atoms with Crippen LogP contribution in [0.5, 0.6) is 5.75 Å². The minimum absolute atomic E-state index is 0.0633. The van der Waals surface area contributed by atoms with Crippen LogP contribution in [-0.4, -0.2) is 5.91 Å². The Morgan fingerprint density at radius 2 is 1.74 bits per heavy atom. The van der Waals surface area contributed by atoms with Gasteiger partial charge in [0.05, 0.1) is 11.5 Å². The highest BCUT2D eigenvalue weighted by molar-refractivity contribution is 6.04. The summed E-state index contributed by atoms with van der Waals surface area (Å²) in [5, 5.41) is 12.4. The summed E-state index contributed by atoms with van der Waals surface area (Å²) in [6.45, 7) is 0. The molecule has 0 unspecified atom stereocenters. The number of hydrogen-bond donors (Lipinski definition) is 2. The monoisotopic (exact) mass is 303 g/mol. The Kier molecular flexibility index (Phi) is 2.85. The fourth-order valence-electron chi connectivity index (χ4n) is 3.35. The maximum Gasteiger partial charge on any atom is 0.233 e. The molecule has 0 spiro atoms. The number of para-hydroxylation sites is 2. The normalized spacial score (nSPS) is 21.8. The minimum Gasteiger partial charge on any atom is -0.440 e. The number of nitrogens with two attached hydrogens (primary N) is 1. The lowest BCUT2D eigenvalue weighted by Gasteiger charge is -2.29. The summed E-state index contributed by atoms with van der Waals surface area (Å²) in [4.78, 5) is 12.6. The lowest BCUT2D eigenvalue weighted by molar-refractivity contribution is -0.117. The second-order valence-corrected chi connectivity index (χ2v) is 5.56. The van der Waals surface area contributed by atoms with Crippen LogP contribution in [0.3, 0.4) is 0 Å². The van der Waals surface area contributed by atoms with Gasteiger partial charge in [-0.05, 0) is 17.7 Å². The minimum atomic E-state index is -0.496. The number of hydrogen-bond acceptors (Lipinski definition) is 4. The third-order valence-electron chi connectivity index (χ3n) is 4.34. The van der Waals surface area contributed by atoms with Crippen molar-refractivity contribution in [3.05, 3.63) is 71.1 Å². The van der Waals surface area contributed by atoms with Gasteiger partial charge in [-0.15, -0.1) is 0 Å². The Hall–Kier alpha value is -3.26. The Labute approximate surface area is 133 Å². The van der Waals surface area contributed by atoms with Crippen LogP contribution in [0.1, 0.15) is 23.0 Å². The van der Waals surface area contributed by atoms with Gasteiger partial charge in [0.25, 0.3) is 0 Å². The van der Waals surface area contributed by atoms with E-state index in [1.807, 2.05) is 42.5 Å². The molecule has 2 aromatic rings. The largest absolute Gasteiger partial charge is 0.440 e. The van der Waals surface area contributed by atoms with Crippen molar-refractivity contribution in [1.82, 2.24) is 0 Å². The number of nitrogens with one attached hydrogen (secondary N) is 1. The molecule has 0 saturated heterocycles. The zero-order valence-corrected chi connectivity index (χ0v) is 12.1. The second-order valence-electron chi connectivity index (χ2n) is 5.56. The summed E-state index contributed by atoms with van der Waals surface area (Å²) in [6, 6.07) is 17.0. The van der Waals surface area contributed by atoms with E-state index in [1.54, 1.807) is 6.07 Å². The lowest BCUT2D eigenvalue weighted by Crippen LogP contribution is -2.27. The topological polar surface area (TPSA) is 88.1 Å². The molecule has 0 bridgehead atoms. The van der Waals surface area contributed by atoms with E-state index in [-0.39, 0.29) is 11.8 Å². The number of nitrogens with zero attached hydrogens (tertiary/aromatic N) is 1. The molecular formula is C18H13N3O2. The number of benzene rings is 2. The number of carbonyl (C=O) groups excluding carboxylic acids is 1. The van der Waals surface area contributed by atoms with Gasteiger partial charge >= 0.3 is 0 Å². The molecule has 4 rings (SSSR count). The first-order valence-corrected chi connectivity index (χ1v) is 7.27. The molecule has 2 heterocycles. The van der Waals surface area contributed by atoms with Crippen LogP contribution < -0.4 is 15.8 Å². The van der Waals surface area contributed by atoms with Crippen molar-refractivity contribution in [3.8, 4) is 11.8 Å². The van der Waals surface area contributed by atoms with Crippen molar-refractivity contribution in [2.45, 2.75) is 11.8 Å². The molecule has 2 atom stereocenters. The predicted molar refractivity (Wildman–Crippen MR) is 84.5 cm³/mol. The van der Waals surface area contributed by atoms with E-state index in [4.69, 9.17) is 10.5 Å². The fourth-order valence-corrected chi connectivity index (χ4v) is 3.35. The quantitative estimate of drug-likeness (QED) is 0.847. The molecule has 0 fully saturated rings. The molecule has 0 aromatic heterocycles. The first-order valence-electron chi connectivity index (χ1n) is 7.27. The van der Waals surface area contributed by atoms with Gasteiger partial charge in [0.2, 0.25) is 11.8 Å². The Morgan fingerprint density at radius 1 is 1.04 bits per heavy atom. The third kappa shape index (κ3) is 1.89. The van der Waals surface area contributed by atoms with Crippen LogP contribution in [0.2, 0.25) is 0 Å². The van der Waals surface area contributed by atoms with Gasteiger partial charge in [-0.3, -0.25) is 4.79 Å². The maximum atomic E-state index is 12.6. The number of rotatable bonds is 1. The van der Waals surface area contributed by atoms with Crippen molar-refractivity contribution in [1.29, 1.82) is 5.26 Å². The molecule has 0 saturated carbocycles. The number of allylic oxidation sites excluding steroid dienone is 1. The van der Waals surface area contributed by atoms with E-state index in [0.717, 1.165) is 16.8 Å². The highest BCUT2D eigenvalue weighted by Crippen LogP contribution is 2.49. The van der Waals surface area contributed by atoms with Crippen LogP contribution in [0.25, 0.3) is 0 Å². The van der Waals surface area contributed by atoms with Gasteiger partial charge in [-0.2, -0.15) is 5.26 Å². The standard InChI is InChI=1S/C18H13N3O2/c19-9-12-15(11-6-2-4-8-14(11)23-17(12)20)16-10-5-1-3-7-13(10)21-18(16)22/h1-8,15-16H,20H2,(H,21,22)/t15-,16+/m1/s1. The van der Waals surface area contributed by atoms with Crippen LogP contribution in [0, 0.1) is 11.3 Å². The molecule has 2 aliphatic rings. The second kappa shape index (κ2) is 4.89. The van der Waals surface area contributed by atoms with Gasteiger partial charge in [0.1, 0.15) is 11.8 Å². The van der Waals surface area contributed by atoms with E-state index >= 15 is 0 Å². The average molecular weight is 303 g/mol. The molecule has 0 aliphatic carbocycles. The molecule has 3 N–H and O–H groups in total. The number of ether oxygens (including phenoxy) is 1. The van der Waals surface area contributed by atoms with Crippen LogP contribution >= 0.6 is 0 Å². The van der Waals surface area contributed by atoms with Crippen molar-refractivity contribution in [3.63, 3.8) is 0 Å². The summed E-state index contributed by atoms with van der Waals surface area (Å²) in [6.07, 6.45) is 0. The Bertz CT molecular complexity index is 895.